The molecule has 14 heteroatoms. The number of fused-ring (bicyclic) bond motifs is 2. The Bertz CT molecular complexity index is 1490. The minimum atomic E-state index is -0.948. The maximum absolute atomic E-state index is 13.7. The van der Waals surface area contributed by atoms with Gasteiger partial charge in [0, 0.05) is 38.4 Å². The fraction of sp³-hybridized carbons (Fsp3) is 0.469. The summed E-state index contributed by atoms with van der Waals surface area (Å²) in [6, 6.07) is 6.91. The lowest BCUT2D eigenvalue weighted by atomic mass is 10.00. The highest BCUT2D eigenvalue weighted by molar-refractivity contribution is 5.98. The Labute approximate surface area is 267 Å². The first-order chi connectivity index (χ1) is 22.3. The van der Waals surface area contributed by atoms with Gasteiger partial charge in [-0.1, -0.05) is 44.2 Å². The molecule has 0 aliphatic carbocycles. The Balaban J connectivity index is 1.34. The van der Waals surface area contributed by atoms with Gasteiger partial charge < -0.3 is 35.3 Å². The number of nitrogens with zero attached hydrogens (tertiary/aromatic N) is 4. The standard InChI is InChI=1S/C32H40N8O6/c1-20(2)26-30(44)37-24(16-21-8-4-3-5-9-21)31-38-25(19-46-31)28(42)33-11-7-6-10-23(29(43)39-26)36-27(41)22-17-34-32(35-18-22)40-12-14-45-15-13-40/h3-5,8-9,17-20,23-24,26H,6-7,10-16H2,1-2H3,(H,33,42)(H,36,41)(H,37,44)(H,39,43)/t23-,24+,26-/m0/s1. The van der Waals surface area contributed by atoms with E-state index in [1.165, 1.54) is 18.7 Å². The third kappa shape index (κ3) is 8.44. The van der Waals surface area contributed by atoms with Crippen LogP contribution in [0.15, 0.2) is 53.4 Å². The van der Waals surface area contributed by atoms with Gasteiger partial charge in [-0.2, -0.15) is 0 Å². The van der Waals surface area contributed by atoms with E-state index < -0.39 is 41.8 Å². The number of hydrogen-bond acceptors (Lipinski definition) is 10. The molecule has 2 aliphatic rings. The van der Waals surface area contributed by atoms with Crippen LogP contribution in [0.5, 0.6) is 0 Å². The molecule has 0 spiro atoms. The minimum absolute atomic E-state index is 0.107. The van der Waals surface area contributed by atoms with Gasteiger partial charge >= 0.3 is 0 Å². The number of anilines is 1. The van der Waals surface area contributed by atoms with E-state index in [2.05, 4.69) is 36.2 Å². The highest BCUT2D eigenvalue weighted by Gasteiger charge is 2.32. The van der Waals surface area contributed by atoms with Gasteiger partial charge in [-0.05, 0) is 30.7 Å². The molecule has 1 aromatic carbocycles. The molecule has 4 N–H and O–H groups in total. The Hall–Kier alpha value is -4.85. The summed E-state index contributed by atoms with van der Waals surface area (Å²) in [7, 11) is 0. The number of aromatic nitrogens is 3. The molecule has 4 amide bonds. The Morgan fingerprint density at radius 1 is 1.02 bits per heavy atom. The van der Waals surface area contributed by atoms with Crippen LogP contribution in [0.2, 0.25) is 0 Å². The van der Waals surface area contributed by atoms with Crippen molar-refractivity contribution in [3.63, 3.8) is 0 Å². The van der Waals surface area contributed by atoms with Crippen LogP contribution in [-0.4, -0.2) is 83.5 Å². The fourth-order valence-electron chi connectivity index (χ4n) is 5.29. The van der Waals surface area contributed by atoms with Crippen molar-refractivity contribution in [1.82, 2.24) is 36.2 Å². The number of carbonyl (C=O) groups is 4. The van der Waals surface area contributed by atoms with Gasteiger partial charge in [-0.25, -0.2) is 15.0 Å². The summed E-state index contributed by atoms with van der Waals surface area (Å²) in [4.78, 5) is 68.4. The van der Waals surface area contributed by atoms with Crippen LogP contribution in [0.25, 0.3) is 0 Å². The molecule has 46 heavy (non-hydrogen) atoms. The lowest BCUT2D eigenvalue weighted by Crippen LogP contribution is -2.56. The van der Waals surface area contributed by atoms with Crippen LogP contribution in [0.1, 0.15) is 71.5 Å². The van der Waals surface area contributed by atoms with E-state index in [0.717, 1.165) is 5.56 Å². The third-order valence-electron chi connectivity index (χ3n) is 7.92. The Kier molecular flexibility index (Phi) is 10.9. The average Bonchev–Trinajstić information content (AvgIpc) is 3.57. The molecule has 14 nitrogen and oxygen atoms in total. The maximum Gasteiger partial charge on any atom is 0.273 e. The SMILES string of the molecule is CC(C)[C@@H]1NC(=O)[C@@H](NC(=O)c2cnc(N3CCOCC3)nc2)CCCCNC(=O)c2coc(n2)[C@@H](Cc2ccccc2)NC1=O. The Morgan fingerprint density at radius 3 is 2.48 bits per heavy atom. The molecule has 0 radical (unpaired) electrons. The normalized spacial score (nSPS) is 21.7. The molecule has 2 aliphatic heterocycles. The first kappa shape index (κ1) is 32.5. The largest absolute Gasteiger partial charge is 0.446 e. The number of amides is 4. The number of benzene rings is 1. The van der Waals surface area contributed by atoms with Gasteiger partial charge in [0.2, 0.25) is 23.7 Å². The van der Waals surface area contributed by atoms with E-state index in [-0.39, 0.29) is 29.5 Å². The molecule has 3 aromatic rings. The molecule has 1 saturated heterocycles. The fourth-order valence-corrected chi connectivity index (χ4v) is 5.29. The summed E-state index contributed by atoms with van der Waals surface area (Å²) >= 11 is 0. The van der Waals surface area contributed by atoms with Crippen LogP contribution in [0.3, 0.4) is 0 Å². The highest BCUT2D eigenvalue weighted by Crippen LogP contribution is 2.20. The predicted molar refractivity (Wildman–Crippen MR) is 167 cm³/mol. The Morgan fingerprint density at radius 2 is 1.76 bits per heavy atom. The quantitative estimate of drug-likeness (QED) is 0.311. The second kappa shape index (κ2) is 15.4. The van der Waals surface area contributed by atoms with E-state index in [4.69, 9.17) is 9.15 Å². The van der Waals surface area contributed by atoms with E-state index in [0.29, 0.717) is 58.1 Å². The molecular weight excluding hydrogens is 592 g/mol. The van der Waals surface area contributed by atoms with Crippen LogP contribution in [0.4, 0.5) is 5.95 Å². The zero-order chi connectivity index (χ0) is 32.5. The van der Waals surface area contributed by atoms with Gasteiger partial charge in [-0.15, -0.1) is 0 Å². The van der Waals surface area contributed by atoms with Crippen molar-refractivity contribution in [2.24, 2.45) is 5.92 Å². The van der Waals surface area contributed by atoms with Gasteiger partial charge in [0.15, 0.2) is 5.69 Å². The molecule has 244 valence electrons. The number of hydrogen-bond donors (Lipinski definition) is 4. The first-order valence-electron chi connectivity index (χ1n) is 15.6. The van der Waals surface area contributed by atoms with Crippen molar-refractivity contribution in [2.45, 2.75) is 57.7 Å². The first-order valence-corrected chi connectivity index (χ1v) is 15.6. The van der Waals surface area contributed by atoms with Crippen molar-refractivity contribution >= 4 is 29.6 Å². The number of oxazole rings is 1. The van der Waals surface area contributed by atoms with E-state index in [1.54, 1.807) is 0 Å². The number of nitrogens with one attached hydrogen (secondary N) is 4. The van der Waals surface area contributed by atoms with Crippen molar-refractivity contribution < 1.29 is 28.3 Å². The van der Waals surface area contributed by atoms with Crippen LogP contribution < -0.4 is 26.2 Å². The van der Waals surface area contributed by atoms with Crippen LogP contribution >= 0.6 is 0 Å². The number of carbonyl (C=O) groups excluding carboxylic acids is 4. The van der Waals surface area contributed by atoms with Gasteiger partial charge in [0.05, 0.1) is 18.8 Å². The zero-order valence-electron chi connectivity index (χ0n) is 26.0. The van der Waals surface area contributed by atoms with Gasteiger partial charge in [0.25, 0.3) is 11.8 Å². The van der Waals surface area contributed by atoms with Crippen LogP contribution in [-0.2, 0) is 20.7 Å². The lowest BCUT2D eigenvalue weighted by molar-refractivity contribution is -0.131. The average molecular weight is 633 g/mol. The molecule has 2 bridgehead atoms. The number of morpholine rings is 1. The molecule has 2 aromatic heterocycles. The van der Waals surface area contributed by atoms with Gasteiger partial charge in [-0.3, -0.25) is 19.2 Å². The van der Waals surface area contributed by atoms with Crippen molar-refractivity contribution in [3.8, 4) is 0 Å². The number of ether oxygens (including phenoxy) is 1. The predicted octanol–water partition coefficient (Wildman–Crippen LogP) is 1.55. The highest BCUT2D eigenvalue weighted by atomic mass is 16.5. The van der Waals surface area contributed by atoms with E-state index in [9.17, 15) is 19.2 Å². The smallest absolute Gasteiger partial charge is 0.273 e. The summed E-state index contributed by atoms with van der Waals surface area (Å²) < 4.78 is 11.0. The second-order valence-electron chi connectivity index (χ2n) is 11.7. The van der Waals surface area contributed by atoms with E-state index in [1.807, 2.05) is 49.1 Å². The molecule has 0 saturated carbocycles. The monoisotopic (exact) mass is 632 g/mol. The van der Waals surface area contributed by atoms with Crippen molar-refractivity contribution in [2.75, 3.05) is 37.7 Å². The summed E-state index contributed by atoms with van der Waals surface area (Å²) in [5, 5.41) is 11.4. The molecule has 3 atom stereocenters. The van der Waals surface area contributed by atoms with Crippen LogP contribution in [0, 0.1) is 5.92 Å². The molecule has 4 heterocycles. The van der Waals surface area contributed by atoms with Crippen molar-refractivity contribution in [1.29, 1.82) is 0 Å². The lowest BCUT2D eigenvalue weighted by Gasteiger charge is -2.27. The van der Waals surface area contributed by atoms with Gasteiger partial charge in [0.1, 0.15) is 24.4 Å². The number of rotatable bonds is 6. The summed E-state index contributed by atoms with van der Waals surface area (Å²) in [6.45, 7) is 6.45. The molecule has 1 fully saturated rings. The molecule has 5 rings (SSSR count). The maximum atomic E-state index is 13.7. The second-order valence-corrected chi connectivity index (χ2v) is 11.7. The van der Waals surface area contributed by atoms with E-state index >= 15 is 0 Å². The van der Waals surface area contributed by atoms with Crippen molar-refractivity contribution in [3.05, 3.63) is 71.7 Å². The molecular formula is C32H40N8O6. The minimum Gasteiger partial charge on any atom is -0.446 e. The molecule has 0 unspecified atom stereocenters. The summed E-state index contributed by atoms with van der Waals surface area (Å²) in [6.07, 6.45) is 5.81. The summed E-state index contributed by atoms with van der Waals surface area (Å²) in [5.41, 5.74) is 1.23. The zero-order valence-corrected chi connectivity index (χ0v) is 26.0. The summed E-state index contributed by atoms with van der Waals surface area (Å²) in [5.74, 6) is -1.47. The topological polar surface area (TPSA) is 181 Å². The third-order valence-corrected chi connectivity index (χ3v) is 7.92.